The smallest absolute Gasteiger partial charge is 0.327 e. The summed E-state index contributed by atoms with van der Waals surface area (Å²) in [6, 6.07) is 0.490. The van der Waals surface area contributed by atoms with Gasteiger partial charge in [-0.05, 0) is 52.5 Å². The highest BCUT2D eigenvalue weighted by Crippen LogP contribution is 2.31. The molecule has 18 heavy (non-hydrogen) atoms. The zero-order valence-electron chi connectivity index (χ0n) is 11.9. The van der Waals surface area contributed by atoms with Gasteiger partial charge < -0.3 is 10.1 Å². The maximum absolute atomic E-state index is 12.3. The van der Waals surface area contributed by atoms with Crippen LogP contribution in [0.3, 0.4) is 0 Å². The van der Waals surface area contributed by atoms with Crippen LogP contribution in [-0.4, -0.2) is 48.7 Å². The molecule has 0 aromatic rings. The van der Waals surface area contributed by atoms with Crippen molar-refractivity contribution in [3.8, 4) is 0 Å². The predicted octanol–water partition coefficient (Wildman–Crippen LogP) is 1.40. The van der Waals surface area contributed by atoms with Crippen LogP contribution < -0.4 is 5.32 Å². The van der Waals surface area contributed by atoms with E-state index < -0.39 is 5.54 Å². The molecule has 0 amide bonds. The second kappa shape index (κ2) is 5.57. The normalized spacial score (nSPS) is 28.9. The molecule has 1 atom stereocenters. The van der Waals surface area contributed by atoms with Gasteiger partial charge in [0.25, 0.3) is 0 Å². The molecule has 1 aliphatic heterocycles. The van der Waals surface area contributed by atoms with Gasteiger partial charge in [-0.25, -0.2) is 4.79 Å². The van der Waals surface area contributed by atoms with Crippen molar-refractivity contribution in [1.29, 1.82) is 0 Å². The number of esters is 1. The van der Waals surface area contributed by atoms with Crippen molar-refractivity contribution in [3.05, 3.63) is 0 Å². The summed E-state index contributed by atoms with van der Waals surface area (Å²) >= 11 is 0. The van der Waals surface area contributed by atoms with Gasteiger partial charge in [0.2, 0.25) is 0 Å². The van der Waals surface area contributed by atoms with E-state index in [0.29, 0.717) is 12.6 Å². The fourth-order valence-electron chi connectivity index (χ4n) is 2.59. The summed E-state index contributed by atoms with van der Waals surface area (Å²) in [5, 5.41) is 3.51. The number of rotatable bonds is 6. The Morgan fingerprint density at radius 3 is 2.72 bits per heavy atom. The SMILES string of the molecule is CCOC(=O)C1(NCC2CC2)CCN(C(C)C)C1. The highest BCUT2D eigenvalue weighted by Gasteiger charge is 2.46. The van der Waals surface area contributed by atoms with Crippen LogP contribution in [0.25, 0.3) is 0 Å². The molecule has 0 aromatic heterocycles. The van der Waals surface area contributed by atoms with Gasteiger partial charge in [-0.15, -0.1) is 0 Å². The monoisotopic (exact) mass is 254 g/mol. The van der Waals surface area contributed by atoms with Crippen LogP contribution in [0.2, 0.25) is 0 Å². The maximum Gasteiger partial charge on any atom is 0.327 e. The standard InChI is InChI=1S/C14H26N2O2/c1-4-18-13(17)14(15-9-12-5-6-12)7-8-16(10-14)11(2)3/h11-12,15H,4-10H2,1-3H3. The second-order valence-corrected chi connectivity index (χ2v) is 5.94. The van der Waals surface area contributed by atoms with E-state index in [9.17, 15) is 4.79 Å². The van der Waals surface area contributed by atoms with Crippen molar-refractivity contribution in [3.63, 3.8) is 0 Å². The molecule has 4 heteroatoms. The van der Waals surface area contributed by atoms with Crippen molar-refractivity contribution < 1.29 is 9.53 Å². The number of carbonyl (C=O) groups excluding carboxylic acids is 1. The van der Waals surface area contributed by atoms with Crippen molar-refractivity contribution in [2.75, 3.05) is 26.2 Å². The van der Waals surface area contributed by atoms with Crippen LogP contribution in [0.4, 0.5) is 0 Å². The summed E-state index contributed by atoms with van der Waals surface area (Å²) in [6.07, 6.45) is 3.48. The summed E-state index contributed by atoms with van der Waals surface area (Å²) in [5.74, 6) is 0.721. The first kappa shape index (κ1) is 13.8. The minimum Gasteiger partial charge on any atom is -0.465 e. The van der Waals surface area contributed by atoms with Crippen molar-refractivity contribution in [2.24, 2.45) is 5.92 Å². The van der Waals surface area contributed by atoms with Crippen LogP contribution >= 0.6 is 0 Å². The Kier molecular flexibility index (Phi) is 4.28. The molecule has 2 fully saturated rings. The molecule has 1 unspecified atom stereocenters. The van der Waals surface area contributed by atoms with Crippen LogP contribution in [0, 0.1) is 5.92 Å². The molecule has 0 radical (unpaired) electrons. The van der Waals surface area contributed by atoms with Gasteiger partial charge in [0.05, 0.1) is 6.61 Å². The molecule has 0 spiro atoms. The van der Waals surface area contributed by atoms with Gasteiger partial charge in [0.1, 0.15) is 5.54 Å². The van der Waals surface area contributed by atoms with Crippen LogP contribution in [0.15, 0.2) is 0 Å². The molecule has 1 saturated carbocycles. The summed E-state index contributed by atoms with van der Waals surface area (Å²) in [5.41, 5.74) is -0.455. The lowest BCUT2D eigenvalue weighted by atomic mass is 9.98. The van der Waals surface area contributed by atoms with E-state index in [2.05, 4.69) is 24.1 Å². The molecule has 2 rings (SSSR count). The first-order valence-electron chi connectivity index (χ1n) is 7.23. The summed E-state index contributed by atoms with van der Waals surface area (Å²) < 4.78 is 5.28. The molecule has 1 N–H and O–H groups in total. The molecule has 0 bridgehead atoms. The second-order valence-electron chi connectivity index (χ2n) is 5.94. The Bertz CT molecular complexity index is 302. The minimum absolute atomic E-state index is 0.0613. The predicted molar refractivity (Wildman–Crippen MR) is 71.4 cm³/mol. The third-order valence-electron chi connectivity index (χ3n) is 4.12. The molecule has 4 nitrogen and oxygen atoms in total. The largest absolute Gasteiger partial charge is 0.465 e. The van der Waals surface area contributed by atoms with Crippen molar-refractivity contribution in [2.45, 2.75) is 51.6 Å². The van der Waals surface area contributed by atoms with E-state index in [4.69, 9.17) is 4.74 Å². The van der Waals surface area contributed by atoms with Gasteiger partial charge >= 0.3 is 5.97 Å². The third-order valence-corrected chi connectivity index (χ3v) is 4.12. The van der Waals surface area contributed by atoms with Gasteiger partial charge in [-0.1, -0.05) is 0 Å². The number of likely N-dealkylation sites (tertiary alicyclic amines) is 1. The fraction of sp³-hybridized carbons (Fsp3) is 0.929. The van der Waals surface area contributed by atoms with Gasteiger partial charge in [0, 0.05) is 19.1 Å². The zero-order chi connectivity index (χ0) is 13.2. The lowest BCUT2D eigenvalue weighted by Gasteiger charge is -2.29. The van der Waals surface area contributed by atoms with E-state index in [0.717, 1.165) is 32.0 Å². The first-order chi connectivity index (χ1) is 8.57. The van der Waals surface area contributed by atoms with E-state index in [1.165, 1.54) is 12.8 Å². The minimum atomic E-state index is -0.455. The Labute approximate surface area is 110 Å². The number of carbonyl (C=O) groups is 1. The highest BCUT2D eigenvalue weighted by atomic mass is 16.5. The Balaban J connectivity index is 1.99. The van der Waals surface area contributed by atoms with Crippen molar-refractivity contribution in [1.82, 2.24) is 10.2 Å². The van der Waals surface area contributed by atoms with E-state index >= 15 is 0 Å². The van der Waals surface area contributed by atoms with Crippen LogP contribution in [0.1, 0.15) is 40.0 Å². The number of hydrogen-bond donors (Lipinski definition) is 1. The number of ether oxygens (including phenoxy) is 1. The van der Waals surface area contributed by atoms with Gasteiger partial charge in [-0.3, -0.25) is 4.90 Å². The summed E-state index contributed by atoms with van der Waals surface area (Å²) in [6.45, 7) is 9.44. The van der Waals surface area contributed by atoms with Gasteiger partial charge in [0.15, 0.2) is 0 Å². The number of hydrogen-bond acceptors (Lipinski definition) is 4. The molecular weight excluding hydrogens is 228 g/mol. The molecule has 2 aliphatic rings. The third kappa shape index (κ3) is 3.04. The average molecular weight is 254 g/mol. The maximum atomic E-state index is 12.3. The quantitative estimate of drug-likeness (QED) is 0.728. The van der Waals surface area contributed by atoms with E-state index in [1.807, 2.05) is 6.92 Å². The molecule has 1 heterocycles. The zero-order valence-corrected chi connectivity index (χ0v) is 11.9. The topological polar surface area (TPSA) is 41.6 Å². The molecule has 1 aliphatic carbocycles. The molecule has 0 aromatic carbocycles. The molecule has 1 saturated heterocycles. The average Bonchev–Trinajstić information content (AvgIpc) is 3.05. The van der Waals surface area contributed by atoms with Crippen molar-refractivity contribution >= 4 is 5.97 Å². The Morgan fingerprint density at radius 1 is 1.50 bits per heavy atom. The lowest BCUT2D eigenvalue weighted by molar-refractivity contribution is -0.150. The summed E-state index contributed by atoms with van der Waals surface area (Å²) in [7, 11) is 0. The van der Waals surface area contributed by atoms with Crippen LogP contribution in [0.5, 0.6) is 0 Å². The fourth-order valence-corrected chi connectivity index (χ4v) is 2.59. The Hall–Kier alpha value is -0.610. The molecule has 104 valence electrons. The molecular formula is C14H26N2O2. The first-order valence-corrected chi connectivity index (χ1v) is 7.23. The summed E-state index contributed by atoms with van der Waals surface area (Å²) in [4.78, 5) is 14.6. The Morgan fingerprint density at radius 2 is 2.22 bits per heavy atom. The van der Waals surface area contributed by atoms with E-state index in [1.54, 1.807) is 0 Å². The number of nitrogens with one attached hydrogen (secondary N) is 1. The lowest BCUT2D eigenvalue weighted by Crippen LogP contribution is -2.55. The van der Waals surface area contributed by atoms with Gasteiger partial charge in [-0.2, -0.15) is 0 Å². The van der Waals surface area contributed by atoms with Crippen LogP contribution in [-0.2, 0) is 9.53 Å². The number of nitrogens with zero attached hydrogens (tertiary/aromatic N) is 1. The highest BCUT2D eigenvalue weighted by molar-refractivity contribution is 5.81. The van der Waals surface area contributed by atoms with E-state index in [-0.39, 0.29) is 5.97 Å².